The molecule has 0 spiro atoms. The van der Waals surface area contributed by atoms with Gasteiger partial charge in [-0.25, -0.2) is 0 Å². The minimum absolute atomic E-state index is 0.355. The van der Waals surface area contributed by atoms with Crippen molar-refractivity contribution in [1.29, 1.82) is 0 Å². The number of nitrogens with zero attached hydrogens (tertiary/aromatic N) is 4. The highest BCUT2D eigenvalue weighted by Crippen LogP contribution is 2.35. The summed E-state index contributed by atoms with van der Waals surface area (Å²) in [6.07, 6.45) is 7.63. The van der Waals surface area contributed by atoms with Gasteiger partial charge in [-0.15, -0.1) is 0 Å². The van der Waals surface area contributed by atoms with Gasteiger partial charge in [0.25, 0.3) is 0 Å². The molecule has 1 saturated heterocycles. The van der Waals surface area contributed by atoms with Crippen molar-refractivity contribution in [3.63, 3.8) is 0 Å². The van der Waals surface area contributed by atoms with Crippen molar-refractivity contribution in [3.05, 3.63) is 0 Å². The molecule has 1 aromatic rings. The third-order valence-electron chi connectivity index (χ3n) is 4.17. The lowest BCUT2D eigenvalue weighted by molar-refractivity contribution is 0.394. The summed E-state index contributed by atoms with van der Waals surface area (Å²) in [5, 5.41) is 1.44. The smallest absolute Gasteiger partial charge is 0.231 e. The standard InChI is InChI=1S/C14H23N5S/c1-10-5-4-6-11(9-10)20-14-17-12(15)16-13(18-14)19-7-2-3-8-19/h10-11H,2-9H2,1H3,(H2,15,16,17,18). The first-order valence-electron chi connectivity index (χ1n) is 7.64. The fraction of sp³-hybridized carbons (Fsp3) is 0.786. The van der Waals surface area contributed by atoms with Gasteiger partial charge in [-0.1, -0.05) is 31.5 Å². The molecule has 2 N–H and O–H groups in total. The van der Waals surface area contributed by atoms with Crippen molar-refractivity contribution in [2.75, 3.05) is 23.7 Å². The highest BCUT2D eigenvalue weighted by Gasteiger charge is 2.22. The van der Waals surface area contributed by atoms with Gasteiger partial charge in [0.05, 0.1) is 0 Å². The van der Waals surface area contributed by atoms with Crippen molar-refractivity contribution in [2.45, 2.75) is 55.9 Å². The molecule has 0 bridgehead atoms. The number of nitrogens with two attached hydrogens (primary N) is 1. The quantitative estimate of drug-likeness (QED) is 0.924. The molecule has 1 aromatic heterocycles. The van der Waals surface area contributed by atoms with Gasteiger partial charge in [-0.05, 0) is 31.6 Å². The van der Waals surface area contributed by atoms with Crippen molar-refractivity contribution in [2.24, 2.45) is 5.92 Å². The Labute approximate surface area is 124 Å². The van der Waals surface area contributed by atoms with Gasteiger partial charge < -0.3 is 10.6 Å². The van der Waals surface area contributed by atoms with Crippen LogP contribution in [0.3, 0.4) is 0 Å². The lowest BCUT2D eigenvalue weighted by atomic mass is 9.91. The van der Waals surface area contributed by atoms with E-state index < -0.39 is 0 Å². The number of anilines is 2. The molecule has 0 amide bonds. The van der Waals surface area contributed by atoms with Gasteiger partial charge in [-0.2, -0.15) is 15.0 Å². The molecule has 3 rings (SSSR count). The van der Waals surface area contributed by atoms with Crippen molar-refractivity contribution in [1.82, 2.24) is 15.0 Å². The second-order valence-electron chi connectivity index (χ2n) is 5.98. The summed E-state index contributed by atoms with van der Waals surface area (Å²) in [6.45, 7) is 4.41. The van der Waals surface area contributed by atoms with Gasteiger partial charge >= 0.3 is 0 Å². The Morgan fingerprint density at radius 1 is 1.10 bits per heavy atom. The Morgan fingerprint density at radius 3 is 2.65 bits per heavy atom. The van der Waals surface area contributed by atoms with Crippen molar-refractivity contribution < 1.29 is 0 Å². The third kappa shape index (κ3) is 3.34. The fourth-order valence-electron chi connectivity index (χ4n) is 3.11. The lowest BCUT2D eigenvalue weighted by Gasteiger charge is -2.25. The van der Waals surface area contributed by atoms with Crippen molar-refractivity contribution in [3.8, 4) is 0 Å². The molecule has 2 fully saturated rings. The van der Waals surface area contributed by atoms with Gasteiger partial charge in [-0.3, -0.25) is 0 Å². The predicted octanol–water partition coefficient (Wildman–Crippen LogP) is 2.72. The highest BCUT2D eigenvalue weighted by molar-refractivity contribution is 7.99. The second kappa shape index (κ2) is 6.16. The summed E-state index contributed by atoms with van der Waals surface area (Å²) in [5.74, 6) is 1.94. The zero-order chi connectivity index (χ0) is 13.9. The average Bonchev–Trinajstić information content (AvgIpc) is 2.91. The van der Waals surface area contributed by atoms with Gasteiger partial charge in [0.15, 0.2) is 5.16 Å². The second-order valence-corrected chi connectivity index (χ2v) is 7.25. The van der Waals surface area contributed by atoms with Crippen molar-refractivity contribution >= 4 is 23.7 Å². The summed E-state index contributed by atoms with van der Waals surface area (Å²) in [5.41, 5.74) is 5.86. The summed E-state index contributed by atoms with van der Waals surface area (Å²) >= 11 is 1.79. The van der Waals surface area contributed by atoms with Crippen LogP contribution in [0.15, 0.2) is 5.16 Å². The minimum Gasteiger partial charge on any atom is -0.368 e. The number of nitrogen functional groups attached to an aromatic ring is 1. The third-order valence-corrected chi connectivity index (χ3v) is 5.32. The number of thioether (sulfide) groups is 1. The van der Waals surface area contributed by atoms with E-state index in [2.05, 4.69) is 26.8 Å². The molecule has 0 radical (unpaired) electrons. The van der Waals surface area contributed by atoms with E-state index >= 15 is 0 Å². The number of rotatable bonds is 3. The number of aromatic nitrogens is 3. The number of hydrogen-bond acceptors (Lipinski definition) is 6. The van der Waals surface area contributed by atoms with Crippen LogP contribution in [0.25, 0.3) is 0 Å². The molecule has 6 heteroatoms. The molecule has 2 atom stereocenters. The minimum atomic E-state index is 0.355. The van der Waals surface area contributed by atoms with Crippen LogP contribution in [0.5, 0.6) is 0 Å². The average molecular weight is 293 g/mol. The monoisotopic (exact) mass is 293 g/mol. The Bertz CT molecular complexity index is 461. The van der Waals surface area contributed by atoms with E-state index in [1.165, 1.54) is 38.5 Å². The van der Waals surface area contributed by atoms with Crippen LogP contribution >= 0.6 is 11.8 Å². The predicted molar refractivity (Wildman–Crippen MR) is 83.0 cm³/mol. The molecule has 2 heterocycles. The van der Waals surface area contributed by atoms with E-state index in [0.29, 0.717) is 11.2 Å². The lowest BCUT2D eigenvalue weighted by Crippen LogP contribution is -2.22. The molecular weight excluding hydrogens is 270 g/mol. The van der Waals surface area contributed by atoms with Crippen LogP contribution < -0.4 is 10.6 Å². The highest BCUT2D eigenvalue weighted by atomic mass is 32.2. The number of hydrogen-bond donors (Lipinski definition) is 1. The molecule has 2 unspecified atom stereocenters. The van der Waals surface area contributed by atoms with E-state index in [1.807, 2.05) is 0 Å². The van der Waals surface area contributed by atoms with Crippen LogP contribution in [0, 0.1) is 5.92 Å². The zero-order valence-corrected chi connectivity index (χ0v) is 12.9. The molecule has 110 valence electrons. The maximum atomic E-state index is 5.86. The molecule has 1 saturated carbocycles. The Kier molecular flexibility index (Phi) is 4.29. The fourth-order valence-corrected chi connectivity index (χ4v) is 4.39. The molecular formula is C14H23N5S. The van der Waals surface area contributed by atoms with Gasteiger partial charge in [0.1, 0.15) is 0 Å². The normalized spacial score (nSPS) is 26.9. The van der Waals surface area contributed by atoms with Crippen LogP contribution in [0.4, 0.5) is 11.9 Å². The van der Waals surface area contributed by atoms with Gasteiger partial charge in [0.2, 0.25) is 11.9 Å². The molecule has 0 aromatic carbocycles. The van der Waals surface area contributed by atoms with Crippen LogP contribution in [-0.4, -0.2) is 33.3 Å². The summed E-state index contributed by atoms with van der Waals surface area (Å²) in [7, 11) is 0. The van der Waals surface area contributed by atoms with E-state index in [0.717, 1.165) is 30.1 Å². The molecule has 1 aliphatic carbocycles. The first kappa shape index (κ1) is 13.9. The summed E-state index contributed by atoms with van der Waals surface area (Å²) < 4.78 is 0. The maximum Gasteiger partial charge on any atom is 0.231 e. The summed E-state index contributed by atoms with van der Waals surface area (Å²) in [4.78, 5) is 15.4. The topological polar surface area (TPSA) is 67.9 Å². The first-order chi connectivity index (χ1) is 9.70. The SMILES string of the molecule is CC1CCCC(Sc2nc(N)nc(N3CCCC3)n2)C1. The van der Waals surface area contributed by atoms with Crippen LogP contribution in [0.2, 0.25) is 0 Å². The maximum absolute atomic E-state index is 5.86. The van der Waals surface area contributed by atoms with E-state index in [-0.39, 0.29) is 0 Å². The molecule has 2 aliphatic rings. The van der Waals surface area contributed by atoms with Gasteiger partial charge in [0, 0.05) is 18.3 Å². The Morgan fingerprint density at radius 2 is 1.90 bits per heavy atom. The van der Waals surface area contributed by atoms with Crippen LogP contribution in [-0.2, 0) is 0 Å². The van der Waals surface area contributed by atoms with E-state index in [4.69, 9.17) is 5.73 Å². The first-order valence-corrected chi connectivity index (χ1v) is 8.52. The van der Waals surface area contributed by atoms with E-state index in [1.54, 1.807) is 11.8 Å². The molecule has 1 aliphatic heterocycles. The zero-order valence-electron chi connectivity index (χ0n) is 12.1. The Hall–Kier alpha value is -1.04. The Balaban J connectivity index is 1.72. The molecule has 5 nitrogen and oxygen atoms in total. The largest absolute Gasteiger partial charge is 0.368 e. The summed E-state index contributed by atoms with van der Waals surface area (Å²) in [6, 6.07) is 0. The van der Waals surface area contributed by atoms with E-state index in [9.17, 15) is 0 Å². The van der Waals surface area contributed by atoms with Crippen LogP contribution in [0.1, 0.15) is 45.4 Å². The molecule has 20 heavy (non-hydrogen) atoms.